The van der Waals surface area contributed by atoms with Crippen molar-refractivity contribution in [1.29, 1.82) is 0 Å². The average molecular weight is 335 g/mol. The lowest BCUT2D eigenvalue weighted by atomic mass is 10.2. The number of nitrogens with one attached hydrogen (secondary N) is 1. The van der Waals surface area contributed by atoms with Gasteiger partial charge in [0, 0.05) is 12.2 Å². The number of nitrogens with zero attached hydrogens (tertiary/aromatic N) is 1. The molecule has 3 rings (SSSR count). The van der Waals surface area contributed by atoms with Crippen molar-refractivity contribution >= 4 is 43.2 Å². The number of hydrogen-bond acceptors (Lipinski definition) is 4. The highest BCUT2D eigenvalue weighted by Crippen LogP contribution is 2.25. The van der Waals surface area contributed by atoms with Gasteiger partial charge in [-0.2, -0.15) is 0 Å². The third-order valence-electron chi connectivity index (χ3n) is 2.84. The molecule has 2 aromatic carbocycles. The Bertz CT molecular complexity index is 726. The number of phenolic OH excluding ortho intramolecular Hbond substituents is 1. The molecule has 0 radical (unpaired) electrons. The van der Waals surface area contributed by atoms with Crippen LogP contribution in [0, 0.1) is 0 Å². The molecule has 0 atom stereocenters. The quantitative estimate of drug-likeness (QED) is 0.747. The van der Waals surface area contributed by atoms with E-state index in [0.717, 1.165) is 16.8 Å². The van der Waals surface area contributed by atoms with Crippen LogP contribution in [0.1, 0.15) is 5.56 Å². The Balaban J connectivity index is 1.75. The Morgan fingerprint density at radius 2 is 2.11 bits per heavy atom. The van der Waals surface area contributed by atoms with Gasteiger partial charge in [0.1, 0.15) is 5.75 Å². The van der Waals surface area contributed by atoms with Crippen molar-refractivity contribution in [3.8, 4) is 5.75 Å². The van der Waals surface area contributed by atoms with Crippen molar-refractivity contribution in [3.05, 3.63) is 51.9 Å². The topological polar surface area (TPSA) is 45.1 Å². The lowest BCUT2D eigenvalue weighted by molar-refractivity contribution is 0.471. The van der Waals surface area contributed by atoms with Gasteiger partial charge in [-0.1, -0.05) is 6.07 Å². The largest absolute Gasteiger partial charge is 0.507 e. The van der Waals surface area contributed by atoms with E-state index in [2.05, 4.69) is 32.3 Å². The van der Waals surface area contributed by atoms with Crippen LogP contribution in [-0.4, -0.2) is 10.1 Å². The molecular weight excluding hydrogens is 324 g/mol. The van der Waals surface area contributed by atoms with Gasteiger partial charge in [0.25, 0.3) is 0 Å². The molecule has 0 unspecified atom stereocenters. The van der Waals surface area contributed by atoms with E-state index in [4.69, 9.17) is 0 Å². The van der Waals surface area contributed by atoms with Crippen LogP contribution in [0.15, 0.2) is 46.4 Å². The third kappa shape index (κ3) is 2.72. The van der Waals surface area contributed by atoms with E-state index in [1.807, 2.05) is 29.8 Å². The number of rotatable bonds is 3. The maximum Gasteiger partial charge on any atom is 0.129 e. The maximum atomic E-state index is 9.45. The molecule has 0 saturated heterocycles. The minimum atomic E-state index is 0.259. The summed E-state index contributed by atoms with van der Waals surface area (Å²) in [6, 6.07) is 11.6. The fourth-order valence-electron chi connectivity index (χ4n) is 1.83. The second kappa shape index (κ2) is 5.19. The Labute approximate surface area is 123 Å². The number of halogens is 1. The highest BCUT2D eigenvalue weighted by molar-refractivity contribution is 9.10. The van der Waals surface area contributed by atoms with E-state index >= 15 is 0 Å². The summed E-state index contributed by atoms with van der Waals surface area (Å²) in [4.78, 5) is 4.26. The Kier molecular flexibility index (Phi) is 3.40. The summed E-state index contributed by atoms with van der Waals surface area (Å²) in [6.45, 7) is 0.711. The van der Waals surface area contributed by atoms with Crippen molar-refractivity contribution in [3.63, 3.8) is 0 Å². The van der Waals surface area contributed by atoms with Gasteiger partial charge in [-0.3, -0.25) is 0 Å². The van der Waals surface area contributed by atoms with Gasteiger partial charge in [-0.05, 0) is 51.8 Å². The molecule has 0 spiro atoms. The van der Waals surface area contributed by atoms with Crippen LogP contribution in [0.5, 0.6) is 5.75 Å². The number of thiazole rings is 1. The fraction of sp³-hybridized carbons (Fsp3) is 0.0714. The summed E-state index contributed by atoms with van der Waals surface area (Å²) in [5.74, 6) is 0.259. The first kappa shape index (κ1) is 12.4. The molecule has 1 aromatic heterocycles. The summed E-state index contributed by atoms with van der Waals surface area (Å²) < 4.78 is 1.89. The standard InChI is InChI=1S/C14H11BrN2OS/c15-11-5-9(1-4-13(11)18)7-16-10-2-3-12-14(6-10)19-8-17-12/h1-6,8,16,18H,7H2. The molecule has 1 heterocycles. The molecule has 0 aliphatic rings. The zero-order chi connectivity index (χ0) is 13.2. The van der Waals surface area contributed by atoms with Gasteiger partial charge in [0.15, 0.2) is 0 Å². The van der Waals surface area contributed by atoms with Gasteiger partial charge in [0.05, 0.1) is 20.2 Å². The van der Waals surface area contributed by atoms with Crippen molar-refractivity contribution in [2.75, 3.05) is 5.32 Å². The second-order valence-electron chi connectivity index (χ2n) is 4.17. The molecule has 0 amide bonds. The summed E-state index contributed by atoms with van der Waals surface area (Å²) >= 11 is 4.95. The molecular formula is C14H11BrN2OS. The summed E-state index contributed by atoms with van der Waals surface area (Å²) in [6.07, 6.45) is 0. The summed E-state index contributed by atoms with van der Waals surface area (Å²) in [5, 5.41) is 12.8. The van der Waals surface area contributed by atoms with Crippen molar-refractivity contribution in [2.24, 2.45) is 0 Å². The third-order valence-corrected chi connectivity index (χ3v) is 4.27. The number of benzene rings is 2. The number of hydrogen-bond donors (Lipinski definition) is 2. The van der Waals surface area contributed by atoms with Crippen molar-refractivity contribution < 1.29 is 5.11 Å². The fourth-order valence-corrected chi connectivity index (χ4v) is 2.97. The molecule has 5 heteroatoms. The van der Waals surface area contributed by atoms with Crippen LogP contribution in [0.25, 0.3) is 10.2 Å². The SMILES string of the molecule is Oc1ccc(CNc2ccc3ncsc3c2)cc1Br. The maximum absolute atomic E-state index is 9.45. The minimum absolute atomic E-state index is 0.259. The first-order valence-corrected chi connectivity index (χ1v) is 7.44. The first-order valence-electron chi connectivity index (χ1n) is 5.77. The molecule has 0 aliphatic carbocycles. The predicted molar refractivity (Wildman–Crippen MR) is 82.8 cm³/mol. The Hall–Kier alpha value is -1.59. The molecule has 2 N–H and O–H groups in total. The van der Waals surface area contributed by atoms with Crippen molar-refractivity contribution in [1.82, 2.24) is 4.98 Å². The van der Waals surface area contributed by atoms with E-state index in [1.54, 1.807) is 17.4 Å². The molecule has 0 saturated carbocycles. The minimum Gasteiger partial charge on any atom is -0.507 e. The van der Waals surface area contributed by atoms with Crippen molar-refractivity contribution in [2.45, 2.75) is 6.54 Å². The second-order valence-corrected chi connectivity index (χ2v) is 5.91. The summed E-state index contributed by atoms with van der Waals surface area (Å²) in [7, 11) is 0. The number of anilines is 1. The Morgan fingerprint density at radius 3 is 2.95 bits per heavy atom. The lowest BCUT2D eigenvalue weighted by Gasteiger charge is -2.07. The van der Waals surface area contributed by atoms with Crippen LogP contribution in [0.4, 0.5) is 5.69 Å². The van der Waals surface area contributed by atoms with Crippen LogP contribution in [0.3, 0.4) is 0 Å². The Morgan fingerprint density at radius 1 is 1.21 bits per heavy atom. The predicted octanol–water partition coefficient (Wildman–Crippen LogP) is 4.38. The smallest absolute Gasteiger partial charge is 0.129 e. The summed E-state index contributed by atoms with van der Waals surface area (Å²) in [5.41, 5.74) is 5.06. The van der Waals surface area contributed by atoms with E-state index < -0.39 is 0 Å². The lowest BCUT2D eigenvalue weighted by Crippen LogP contribution is -1.98. The van der Waals surface area contributed by atoms with Crippen LogP contribution >= 0.6 is 27.3 Å². The molecule has 3 aromatic rings. The number of phenols is 1. The van der Waals surface area contributed by atoms with E-state index in [-0.39, 0.29) is 5.75 Å². The molecule has 96 valence electrons. The molecule has 0 fully saturated rings. The molecule has 3 nitrogen and oxygen atoms in total. The van der Waals surface area contributed by atoms with Gasteiger partial charge < -0.3 is 10.4 Å². The monoisotopic (exact) mass is 334 g/mol. The zero-order valence-corrected chi connectivity index (χ0v) is 12.3. The zero-order valence-electron chi connectivity index (χ0n) is 9.93. The van der Waals surface area contributed by atoms with Gasteiger partial charge >= 0.3 is 0 Å². The van der Waals surface area contributed by atoms with E-state index in [9.17, 15) is 5.11 Å². The van der Waals surface area contributed by atoms with Gasteiger partial charge in [-0.25, -0.2) is 4.98 Å². The molecule has 0 aliphatic heterocycles. The first-order chi connectivity index (χ1) is 9.22. The average Bonchev–Trinajstić information content (AvgIpc) is 2.87. The van der Waals surface area contributed by atoms with Gasteiger partial charge in [0.2, 0.25) is 0 Å². The van der Waals surface area contributed by atoms with Crippen LogP contribution in [-0.2, 0) is 6.54 Å². The molecule has 0 bridgehead atoms. The number of aromatic nitrogens is 1. The normalized spacial score (nSPS) is 10.8. The van der Waals surface area contributed by atoms with Crippen LogP contribution < -0.4 is 5.32 Å². The molecule has 19 heavy (non-hydrogen) atoms. The number of aromatic hydroxyl groups is 1. The number of fused-ring (bicyclic) bond motifs is 1. The van der Waals surface area contributed by atoms with E-state index in [0.29, 0.717) is 11.0 Å². The van der Waals surface area contributed by atoms with E-state index in [1.165, 1.54) is 4.70 Å². The highest BCUT2D eigenvalue weighted by Gasteiger charge is 2.01. The van der Waals surface area contributed by atoms with Gasteiger partial charge in [-0.15, -0.1) is 11.3 Å². The van der Waals surface area contributed by atoms with Crippen LogP contribution in [0.2, 0.25) is 0 Å². The highest BCUT2D eigenvalue weighted by atomic mass is 79.9.